The first kappa shape index (κ1) is 12.2. The van der Waals surface area contributed by atoms with Crippen molar-refractivity contribution in [2.75, 3.05) is 0 Å². The highest BCUT2D eigenvalue weighted by atomic mass is 79.9. The molecule has 1 aliphatic rings. The molecule has 6 heteroatoms. The van der Waals surface area contributed by atoms with Crippen LogP contribution in [0.15, 0.2) is 33.6 Å². The van der Waals surface area contributed by atoms with Crippen LogP contribution in [0.2, 0.25) is 0 Å². The Labute approximate surface area is 122 Å². The molecule has 0 spiro atoms. The lowest BCUT2D eigenvalue weighted by Gasteiger charge is -2.25. The number of aromatic nitrogens is 3. The van der Waals surface area contributed by atoms with E-state index in [0.29, 0.717) is 12.0 Å². The van der Waals surface area contributed by atoms with E-state index >= 15 is 0 Å². The number of halogens is 2. The highest BCUT2D eigenvalue weighted by Crippen LogP contribution is 2.26. The molecule has 0 radical (unpaired) electrons. The fraction of sp³-hybridized carbons (Fsp3) is 0.333. The van der Waals surface area contributed by atoms with E-state index in [-0.39, 0.29) is 0 Å². The van der Waals surface area contributed by atoms with Crippen LogP contribution in [0, 0.1) is 0 Å². The molecule has 18 heavy (non-hydrogen) atoms. The Balaban J connectivity index is 1.87. The van der Waals surface area contributed by atoms with Crippen LogP contribution in [0.25, 0.3) is 5.69 Å². The molecule has 0 atom stereocenters. The lowest BCUT2D eigenvalue weighted by Crippen LogP contribution is -2.25. The third-order valence-electron chi connectivity index (χ3n) is 2.94. The molecule has 2 aromatic heterocycles. The van der Waals surface area contributed by atoms with Crippen LogP contribution in [-0.2, 0) is 0 Å². The predicted octanol–water partition coefficient (Wildman–Crippen LogP) is 3.72. The zero-order valence-corrected chi connectivity index (χ0v) is 12.7. The Kier molecular flexibility index (Phi) is 3.39. The zero-order valence-electron chi connectivity index (χ0n) is 9.51. The number of nitrogens with zero attached hydrogens (tertiary/aromatic N) is 3. The number of rotatable bonds is 3. The van der Waals surface area contributed by atoms with E-state index in [2.05, 4.69) is 41.9 Å². The first-order chi connectivity index (χ1) is 8.72. The van der Waals surface area contributed by atoms with Crippen LogP contribution >= 0.6 is 31.9 Å². The minimum Gasteiger partial charge on any atom is -0.474 e. The van der Waals surface area contributed by atoms with Crippen molar-refractivity contribution in [1.82, 2.24) is 14.8 Å². The molecule has 0 aliphatic heterocycles. The topological polar surface area (TPSA) is 39.9 Å². The van der Waals surface area contributed by atoms with Gasteiger partial charge in [-0.25, -0.2) is 9.67 Å². The standard InChI is InChI=1S/C12H11Br2N3O/c13-10-7-11(14)17(16-10)8-4-5-15-12(6-8)18-9-2-1-3-9/h4-7,9H,1-3H2. The van der Waals surface area contributed by atoms with Gasteiger partial charge in [0.25, 0.3) is 0 Å². The average molecular weight is 373 g/mol. The molecule has 94 valence electrons. The molecular formula is C12H11Br2N3O. The second-order valence-electron chi connectivity index (χ2n) is 4.22. The van der Waals surface area contributed by atoms with Crippen molar-refractivity contribution in [2.45, 2.75) is 25.4 Å². The van der Waals surface area contributed by atoms with Crippen LogP contribution in [0.3, 0.4) is 0 Å². The SMILES string of the molecule is Brc1cc(Br)n(-c2ccnc(OC3CCC3)c2)n1. The normalized spacial score (nSPS) is 15.4. The molecule has 2 aromatic rings. The van der Waals surface area contributed by atoms with Gasteiger partial charge in [0.05, 0.1) is 5.69 Å². The summed E-state index contributed by atoms with van der Waals surface area (Å²) in [7, 11) is 0. The van der Waals surface area contributed by atoms with Gasteiger partial charge >= 0.3 is 0 Å². The molecule has 1 fully saturated rings. The maximum absolute atomic E-state index is 5.78. The largest absolute Gasteiger partial charge is 0.474 e. The van der Waals surface area contributed by atoms with Crippen LogP contribution in [0.4, 0.5) is 0 Å². The number of ether oxygens (including phenoxy) is 1. The third kappa shape index (κ3) is 2.44. The second-order valence-corrected chi connectivity index (χ2v) is 5.85. The van der Waals surface area contributed by atoms with Crippen LogP contribution < -0.4 is 4.74 Å². The van der Waals surface area contributed by atoms with Gasteiger partial charge in [-0.15, -0.1) is 0 Å². The number of hydrogen-bond acceptors (Lipinski definition) is 3. The van der Waals surface area contributed by atoms with E-state index < -0.39 is 0 Å². The van der Waals surface area contributed by atoms with Gasteiger partial charge in [-0.2, -0.15) is 5.10 Å². The second kappa shape index (κ2) is 5.01. The maximum atomic E-state index is 5.78. The van der Waals surface area contributed by atoms with E-state index in [9.17, 15) is 0 Å². The summed E-state index contributed by atoms with van der Waals surface area (Å²) in [6.07, 6.45) is 5.58. The molecule has 2 heterocycles. The Morgan fingerprint density at radius 1 is 1.28 bits per heavy atom. The molecule has 0 amide bonds. The lowest BCUT2D eigenvalue weighted by molar-refractivity contribution is 0.114. The first-order valence-electron chi connectivity index (χ1n) is 5.76. The Morgan fingerprint density at radius 2 is 2.11 bits per heavy atom. The number of pyridine rings is 1. The van der Waals surface area contributed by atoms with Gasteiger partial charge in [0.15, 0.2) is 0 Å². The van der Waals surface area contributed by atoms with E-state index in [0.717, 1.165) is 27.7 Å². The van der Waals surface area contributed by atoms with Crippen molar-refractivity contribution in [3.8, 4) is 11.6 Å². The molecule has 1 aliphatic carbocycles. The van der Waals surface area contributed by atoms with Gasteiger partial charge in [-0.3, -0.25) is 0 Å². The summed E-state index contributed by atoms with van der Waals surface area (Å²) in [5, 5.41) is 4.34. The molecule has 3 rings (SSSR count). The minimum atomic E-state index is 0.334. The quantitative estimate of drug-likeness (QED) is 0.824. The molecular weight excluding hydrogens is 362 g/mol. The zero-order chi connectivity index (χ0) is 12.5. The molecule has 0 saturated heterocycles. The van der Waals surface area contributed by atoms with Crippen molar-refractivity contribution in [3.05, 3.63) is 33.6 Å². The van der Waals surface area contributed by atoms with Crippen molar-refractivity contribution in [3.63, 3.8) is 0 Å². The molecule has 0 bridgehead atoms. The molecule has 4 nitrogen and oxygen atoms in total. The van der Waals surface area contributed by atoms with Gasteiger partial charge in [0.2, 0.25) is 5.88 Å². The van der Waals surface area contributed by atoms with E-state index in [1.807, 2.05) is 18.2 Å². The smallest absolute Gasteiger partial charge is 0.215 e. The van der Waals surface area contributed by atoms with Gasteiger partial charge in [-0.05, 0) is 57.2 Å². The highest BCUT2D eigenvalue weighted by molar-refractivity contribution is 9.11. The summed E-state index contributed by atoms with van der Waals surface area (Å²) < 4.78 is 9.24. The van der Waals surface area contributed by atoms with Crippen molar-refractivity contribution in [1.29, 1.82) is 0 Å². The summed E-state index contributed by atoms with van der Waals surface area (Å²) in [6.45, 7) is 0. The molecule has 0 aromatic carbocycles. The monoisotopic (exact) mass is 371 g/mol. The summed E-state index contributed by atoms with van der Waals surface area (Å²) in [5.74, 6) is 0.663. The Bertz CT molecular complexity index is 566. The van der Waals surface area contributed by atoms with Crippen molar-refractivity contribution in [2.24, 2.45) is 0 Å². The molecule has 0 N–H and O–H groups in total. The van der Waals surface area contributed by atoms with Crippen LogP contribution in [-0.4, -0.2) is 20.9 Å². The summed E-state index contributed by atoms with van der Waals surface area (Å²) in [4.78, 5) is 4.23. The Hall–Kier alpha value is -0.880. The third-order valence-corrected chi connectivity index (χ3v) is 3.89. The fourth-order valence-corrected chi connectivity index (χ4v) is 2.95. The predicted molar refractivity (Wildman–Crippen MR) is 75.0 cm³/mol. The van der Waals surface area contributed by atoms with E-state index in [4.69, 9.17) is 4.74 Å². The van der Waals surface area contributed by atoms with Gasteiger partial charge in [0, 0.05) is 18.3 Å². The summed E-state index contributed by atoms with van der Waals surface area (Å²) >= 11 is 6.81. The van der Waals surface area contributed by atoms with E-state index in [1.54, 1.807) is 10.9 Å². The van der Waals surface area contributed by atoms with Crippen LogP contribution in [0.5, 0.6) is 5.88 Å². The maximum Gasteiger partial charge on any atom is 0.215 e. The molecule has 1 saturated carbocycles. The average Bonchev–Trinajstić information content (AvgIpc) is 2.64. The van der Waals surface area contributed by atoms with Crippen LogP contribution in [0.1, 0.15) is 19.3 Å². The van der Waals surface area contributed by atoms with Gasteiger partial charge in [-0.1, -0.05) is 0 Å². The molecule has 0 unspecified atom stereocenters. The van der Waals surface area contributed by atoms with Crippen molar-refractivity contribution >= 4 is 31.9 Å². The number of hydrogen-bond donors (Lipinski definition) is 0. The first-order valence-corrected chi connectivity index (χ1v) is 7.35. The fourth-order valence-electron chi connectivity index (χ4n) is 1.77. The van der Waals surface area contributed by atoms with E-state index in [1.165, 1.54) is 6.42 Å². The highest BCUT2D eigenvalue weighted by Gasteiger charge is 2.19. The summed E-state index contributed by atoms with van der Waals surface area (Å²) in [5.41, 5.74) is 0.928. The minimum absolute atomic E-state index is 0.334. The summed E-state index contributed by atoms with van der Waals surface area (Å²) in [6, 6.07) is 5.70. The lowest BCUT2D eigenvalue weighted by atomic mass is 9.96. The Morgan fingerprint density at radius 3 is 2.72 bits per heavy atom. The van der Waals surface area contributed by atoms with Gasteiger partial charge in [0.1, 0.15) is 15.3 Å². The van der Waals surface area contributed by atoms with Gasteiger partial charge < -0.3 is 4.74 Å². The van der Waals surface area contributed by atoms with Crippen molar-refractivity contribution < 1.29 is 4.74 Å².